The largest absolute Gasteiger partial charge is 0.508 e. The molecule has 2 aromatic carbocycles. The molecule has 1 aliphatic rings. The highest BCUT2D eigenvalue weighted by Gasteiger charge is 2.40. The third-order valence-corrected chi connectivity index (χ3v) is 4.83. The van der Waals surface area contributed by atoms with Crippen molar-refractivity contribution in [3.05, 3.63) is 65.2 Å². The molecule has 0 radical (unpaired) electrons. The molecule has 0 aliphatic carbocycles. The Kier molecular flexibility index (Phi) is 5.26. The zero-order chi connectivity index (χ0) is 19.6. The van der Waals surface area contributed by atoms with Gasteiger partial charge in [0.15, 0.2) is 0 Å². The van der Waals surface area contributed by atoms with Gasteiger partial charge in [-0.1, -0.05) is 31.2 Å². The van der Waals surface area contributed by atoms with Gasteiger partial charge >= 0.3 is 5.97 Å². The molecule has 0 fully saturated rings. The lowest BCUT2D eigenvalue weighted by Crippen LogP contribution is -2.43. The van der Waals surface area contributed by atoms with E-state index in [0.717, 1.165) is 5.56 Å². The van der Waals surface area contributed by atoms with Crippen molar-refractivity contribution < 1.29 is 24.2 Å². The van der Waals surface area contributed by atoms with Crippen molar-refractivity contribution in [2.75, 3.05) is 7.11 Å². The minimum Gasteiger partial charge on any atom is -0.508 e. The van der Waals surface area contributed by atoms with Gasteiger partial charge in [-0.05, 0) is 42.7 Å². The lowest BCUT2D eigenvalue weighted by Gasteiger charge is -2.28. The number of phenolic OH excluding ortho intramolecular Hbond substituents is 1. The summed E-state index contributed by atoms with van der Waals surface area (Å²) in [6.07, 6.45) is 0.673. The smallest absolute Gasteiger partial charge is 0.308 e. The molecular weight excluding hydrogens is 346 g/mol. The Morgan fingerprint density at radius 3 is 2.11 bits per heavy atom. The maximum absolute atomic E-state index is 12.9. The van der Waals surface area contributed by atoms with Crippen molar-refractivity contribution in [1.29, 1.82) is 0 Å². The molecule has 6 heteroatoms. The number of ether oxygens (including phenoxy) is 1. The number of esters is 1. The fraction of sp³-hybridized carbons (Fsp3) is 0.286. The molecule has 3 rings (SSSR count). The molecule has 0 unspecified atom stereocenters. The molecule has 27 heavy (non-hydrogen) atoms. The summed E-state index contributed by atoms with van der Waals surface area (Å²) in [5, 5.41) is 9.48. The average Bonchev–Trinajstić information content (AvgIpc) is 2.93. The number of fused-ring (bicyclic) bond motifs is 1. The summed E-state index contributed by atoms with van der Waals surface area (Å²) in [6, 6.07) is 12.8. The monoisotopic (exact) mass is 367 g/mol. The van der Waals surface area contributed by atoms with Gasteiger partial charge in [0.2, 0.25) is 0 Å². The SMILES string of the molecule is COC(=O)[C@@H](C)C[C@H](Cc1ccc(O)cc1)N1C(=O)c2ccccc2C1=O. The molecule has 2 aromatic rings. The predicted octanol–water partition coefficient (Wildman–Crippen LogP) is 2.80. The molecule has 2 atom stereocenters. The van der Waals surface area contributed by atoms with Crippen LogP contribution in [0.25, 0.3) is 0 Å². The Balaban J connectivity index is 1.92. The fourth-order valence-electron chi connectivity index (χ4n) is 3.43. The van der Waals surface area contributed by atoms with Gasteiger partial charge in [-0.15, -0.1) is 0 Å². The molecule has 1 N–H and O–H groups in total. The van der Waals surface area contributed by atoms with E-state index in [0.29, 0.717) is 24.0 Å². The number of carbonyl (C=O) groups excluding carboxylic acids is 3. The molecule has 0 spiro atoms. The van der Waals surface area contributed by atoms with E-state index in [-0.39, 0.29) is 23.5 Å². The number of amides is 2. The number of methoxy groups -OCH3 is 1. The number of nitrogens with zero attached hydrogens (tertiary/aromatic N) is 1. The Morgan fingerprint density at radius 2 is 1.59 bits per heavy atom. The number of imide groups is 1. The molecule has 1 heterocycles. The van der Waals surface area contributed by atoms with E-state index in [1.807, 2.05) is 0 Å². The maximum atomic E-state index is 12.9. The molecular formula is C21H21NO5. The van der Waals surface area contributed by atoms with Crippen LogP contribution in [0.1, 0.15) is 39.6 Å². The van der Waals surface area contributed by atoms with E-state index >= 15 is 0 Å². The Labute approximate surface area is 157 Å². The Morgan fingerprint density at radius 1 is 1.04 bits per heavy atom. The van der Waals surface area contributed by atoms with Crippen LogP contribution in [0.15, 0.2) is 48.5 Å². The van der Waals surface area contributed by atoms with Crippen LogP contribution in [0.4, 0.5) is 0 Å². The molecule has 1 aliphatic heterocycles. The van der Waals surface area contributed by atoms with Gasteiger partial charge in [-0.2, -0.15) is 0 Å². The summed E-state index contributed by atoms with van der Waals surface area (Å²) in [4.78, 5) is 38.9. The zero-order valence-corrected chi connectivity index (χ0v) is 15.2. The van der Waals surface area contributed by atoms with Crippen LogP contribution >= 0.6 is 0 Å². The lowest BCUT2D eigenvalue weighted by atomic mass is 9.94. The summed E-state index contributed by atoms with van der Waals surface area (Å²) in [7, 11) is 1.32. The fourth-order valence-corrected chi connectivity index (χ4v) is 3.43. The number of hydrogen-bond donors (Lipinski definition) is 1. The van der Waals surface area contributed by atoms with Crippen molar-refractivity contribution >= 4 is 17.8 Å². The van der Waals surface area contributed by atoms with Crippen molar-refractivity contribution in [2.45, 2.75) is 25.8 Å². The number of hydrogen-bond acceptors (Lipinski definition) is 5. The van der Waals surface area contributed by atoms with E-state index in [4.69, 9.17) is 4.74 Å². The predicted molar refractivity (Wildman–Crippen MR) is 98.3 cm³/mol. The number of phenols is 1. The lowest BCUT2D eigenvalue weighted by molar-refractivity contribution is -0.145. The number of carbonyl (C=O) groups is 3. The van der Waals surface area contributed by atoms with Crippen LogP contribution in [0.5, 0.6) is 5.75 Å². The first kappa shape index (κ1) is 18.6. The van der Waals surface area contributed by atoms with Crippen molar-refractivity contribution in [2.24, 2.45) is 5.92 Å². The van der Waals surface area contributed by atoms with E-state index in [9.17, 15) is 19.5 Å². The molecule has 0 saturated carbocycles. The van der Waals surface area contributed by atoms with Crippen LogP contribution in [0.2, 0.25) is 0 Å². The van der Waals surface area contributed by atoms with Gasteiger partial charge in [0.05, 0.1) is 24.2 Å². The van der Waals surface area contributed by atoms with E-state index in [2.05, 4.69) is 0 Å². The van der Waals surface area contributed by atoms with Crippen LogP contribution in [0.3, 0.4) is 0 Å². The van der Waals surface area contributed by atoms with Gasteiger partial charge < -0.3 is 9.84 Å². The van der Waals surface area contributed by atoms with Gasteiger partial charge in [0, 0.05) is 6.04 Å². The topological polar surface area (TPSA) is 83.9 Å². The van der Waals surface area contributed by atoms with Crippen LogP contribution in [-0.4, -0.2) is 40.9 Å². The molecule has 2 amide bonds. The first-order valence-electron chi connectivity index (χ1n) is 8.75. The maximum Gasteiger partial charge on any atom is 0.308 e. The van der Waals surface area contributed by atoms with Crippen molar-refractivity contribution in [1.82, 2.24) is 4.90 Å². The quantitative estimate of drug-likeness (QED) is 0.627. The summed E-state index contributed by atoms with van der Waals surface area (Å²) in [6.45, 7) is 1.72. The van der Waals surface area contributed by atoms with E-state index in [1.54, 1.807) is 55.5 Å². The van der Waals surface area contributed by atoms with Gasteiger partial charge in [0.1, 0.15) is 5.75 Å². The molecule has 0 bridgehead atoms. The second kappa shape index (κ2) is 7.61. The molecule has 140 valence electrons. The van der Waals surface area contributed by atoms with E-state index < -0.39 is 12.0 Å². The number of aromatic hydroxyl groups is 1. The second-order valence-corrected chi connectivity index (χ2v) is 6.71. The number of rotatable bonds is 6. The standard InChI is InChI=1S/C21H21NO5/c1-13(21(26)27-2)11-15(12-14-7-9-16(23)10-8-14)22-19(24)17-5-3-4-6-18(17)20(22)25/h3-10,13,15,23H,11-12H2,1-2H3/t13-,15+/m0/s1. The highest BCUT2D eigenvalue weighted by Crippen LogP contribution is 2.29. The first-order valence-corrected chi connectivity index (χ1v) is 8.75. The number of benzene rings is 2. The Bertz CT molecular complexity index is 839. The van der Waals surface area contributed by atoms with Crippen LogP contribution in [0, 0.1) is 5.92 Å². The summed E-state index contributed by atoms with van der Waals surface area (Å²) >= 11 is 0. The van der Waals surface area contributed by atoms with Crippen molar-refractivity contribution in [3.8, 4) is 5.75 Å². The first-order chi connectivity index (χ1) is 12.9. The molecule has 6 nitrogen and oxygen atoms in total. The summed E-state index contributed by atoms with van der Waals surface area (Å²) in [5.41, 5.74) is 1.61. The minimum atomic E-state index is -0.504. The van der Waals surface area contributed by atoms with E-state index in [1.165, 1.54) is 12.0 Å². The zero-order valence-electron chi connectivity index (χ0n) is 15.2. The molecule has 0 aromatic heterocycles. The normalized spacial score (nSPS) is 15.4. The summed E-state index contributed by atoms with van der Waals surface area (Å²) in [5.74, 6) is -1.42. The highest BCUT2D eigenvalue weighted by atomic mass is 16.5. The highest BCUT2D eigenvalue weighted by molar-refractivity contribution is 6.21. The third kappa shape index (κ3) is 3.69. The van der Waals surface area contributed by atoms with Crippen LogP contribution in [-0.2, 0) is 16.0 Å². The van der Waals surface area contributed by atoms with Gasteiger partial charge in [0.25, 0.3) is 11.8 Å². The van der Waals surface area contributed by atoms with Gasteiger partial charge in [-0.25, -0.2) is 0 Å². The average molecular weight is 367 g/mol. The third-order valence-electron chi connectivity index (χ3n) is 4.83. The summed E-state index contributed by atoms with van der Waals surface area (Å²) < 4.78 is 4.80. The van der Waals surface area contributed by atoms with Gasteiger partial charge in [-0.3, -0.25) is 19.3 Å². The van der Waals surface area contributed by atoms with Crippen molar-refractivity contribution in [3.63, 3.8) is 0 Å². The van der Waals surface area contributed by atoms with Crippen LogP contribution < -0.4 is 0 Å². The minimum absolute atomic E-state index is 0.138. The molecule has 0 saturated heterocycles. The second-order valence-electron chi connectivity index (χ2n) is 6.71. The Hall–Kier alpha value is -3.15.